The SMILES string of the molecule is O=C(CN1CCNCC1)N1CCO[C@@H](c2ccc(Cl)c(Cl)c2)C1. The number of hydrogen-bond donors (Lipinski definition) is 1. The normalized spacial score (nSPS) is 23.0. The fourth-order valence-electron chi connectivity index (χ4n) is 2.95. The van der Waals surface area contributed by atoms with E-state index in [1.165, 1.54) is 0 Å². The minimum atomic E-state index is -0.148. The Kier molecular flexibility index (Phi) is 5.77. The molecule has 0 bridgehead atoms. The number of morpholine rings is 1. The summed E-state index contributed by atoms with van der Waals surface area (Å²) < 4.78 is 5.81. The molecule has 1 amide bonds. The van der Waals surface area contributed by atoms with Gasteiger partial charge in [-0.25, -0.2) is 0 Å². The third kappa shape index (κ3) is 4.37. The maximum Gasteiger partial charge on any atom is 0.236 e. The van der Waals surface area contributed by atoms with Crippen LogP contribution in [0.2, 0.25) is 10.0 Å². The van der Waals surface area contributed by atoms with Crippen molar-refractivity contribution in [3.8, 4) is 0 Å². The Hall–Kier alpha value is -0.850. The van der Waals surface area contributed by atoms with E-state index in [2.05, 4.69) is 10.2 Å². The molecule has 0 radical (unpaired) electrons. The maximum atomic E-state index is 12.5. The molecule has 2 heterocycles. The number of halogens is 2. The summed E-state index contributed by atoms with van der Waals surface area (Å²) in [7, 11) is 0. The highest BCUT2D eigenvalue weighted by Crippen LogP contribution is 2.29. The van der Waals surface area contributed by atoms with E-state index in [0.717, 1.165) is 31.7 Å². The Morgan fingerprint density at radius 2 is 2.00 bits per heavy atom. The quantitative estimate of drug-likeness (QED) is 0.895. The van der Waals surface area contributed by atoms with Gasteiger partial charge in [-0.15, -0.1) is 0 Å². The van der Waals surface area contributed by atoms with Gasteiger partial charge in [0.15, 0.2) is 0 Å². The van der Waals surface area contributed by atoms with Crippen LogP contribution in [-0.2, 0) is 9.53 Å². The standard InChI is InChI=1S/C16H21Cl2N3O2/c17-13-2-1-12(9-14(13)18)15-10-21(7-8-23-15)16(22)11-20-5-3-19-4-6-20/h1-2,9,15,19H,3-8,10-11H2/t15-/m1/s1. The summed E-state index contributed by atoms with van der Waals surface area (Å²) in [6.07, 6.45) is -0.148. The van der Waals surface area contributed by atoms with E-state index in [1.54, 1.807) is 6.07 Å². The first kappa shape index (κ1) is 17.0. The van der Waals surface area contributed by atoms with Gasteiger partial charge in [0.1, 0.15) is 6.10 Å². The Labute approximate surface area is 146 Å². The molecule has 2 aliphatic rings. The van der Waals surface area contributed by atoms with Crippen molar-refractivity contribution in [1.82, 2.24) is 15.1 Å². The average molecular weight is 358 g/mol. The minimum Gasteiger partial charge on any atom is -0.370 e. The van der Waals surface area contributed by atoms with E-state index in [0.29, 0.717) is 36.3 Å². The molecule has 23 heavy (non-hydrogen) atoms. The van der Waals surface area contributed by atoms with E-state index >= 15 is 0 Å². The van der Waals surface area contributed by atoms with Gasteiger partial charge in [-0.2, -0.15) is 0 Å². The molecule has 0 unspecified atom stereocenters. The van der Waals surface area contributed by atoms with Gasteiger partial charge in [0.05, 0.1) is 29.7 Å². The van der Waals surface area contributed by atoms with E-state index in [4.69, 9.17) is 27.9 Å². The van der Waals surface area contributed by atoms with Crippen LogP contribution in [0, 0.1) is 0 Å². The molecular weight excluding hydrogens is 337 g/mol. The summed E-state index contributed by atoms with van der Waals surface area (Å²) in [5, 5.41) is 4.33. The summed E-state index contributed by atoms with van der Waals surface area (Å²) in [5.74, 6) is 0.167. The number of rotatable bonds is 3. The molecule has 0 aromatic heterocycles. The van der Waals surface area contributed by atoms with Gasteiger partial charge >= 0.3 is 0 Å². The van der Waals surface area contributed by atoms with E-state index in [9.17, 15) is 4.79 Å². The zero-order chi connectivity index (χ0) is 16.2. The molecule has 7 heteroatoms. The Morgan fingerprint density at radius 3 is 2.74 bits per heavy atom. The lowest BCUT2D eigenvalue weighted by molar-refractivity contribution is -0.140. The number of amides is 1. The topological polar surface area (TPSA) is 44.8 Å². The predicted molar refractivity (Wildman–Crippen MR) is 91.0 cm³/mol. The molecule has 0 aliphatic carbocycles. The predicted octanol–water partition coefficient (Wildman–Crippen LogP) is 1.80. The number of ether oxygens (including phenoxy) is 1. The molecule has 0 saturated carbocycles. The van der Waals surface area contributed by atoms with Gasteiger partial charge in [0.2, 0.25) is 5.91 Å². The van der Waals surface area contributed by atoms with Crippen LogP contribution in [0.15, 0.2) is 18.2 Å². The second-order valence-electron chi connectivity index (χ2n) is 5.90. The summed E-state index contributed by atoms with van der Waals surface area (Å²) in [5.41, 5.74) is 0.957. The fraction of sp³-hybridized carbons (Fsp3) is 0.562. The van der Waals surface area contributed by atoms with Crippen LogP contribution in [0.3, 0.4) is 0 Å². The molecule has 2 aliphatic heterocycles. The lowest BCUT2D eigenvalue weighted by atomic mass is 10.1. The number of carbonyl (C=O) groups excluding carboxylic acids is 1. The second-order valence-corrected chi connectivity index (χ2v) is 6.71. The summed E-state index contributed by atoms with van der Waals surface area (Å²) in [4.78, 5) is 16.6. The smallest absolute Gasteiger partial charge is 0.236 e. The fourth-order valence-corrected chi connectivity index (χ4v) is 3.26. The van der Waals surface area contributed by atoms with Gasteiger partial charge in [-0.3, -0.25) is 9.69 Å². The van der Waals surface area contributed by atoms with Crippen molar-refractivity contribution >= 4 is 29.1 Å². The van der Waals surface area contributed by atoms with Crippen molar-refractivity contribution in [3.05, 3.63) is 33.8 Å². The number of nitrogens with one attached hydrogen (secondary N) is 1. The number of piperazine rings is 1. The summed E-state index contributed by atoms with van der Waals surface area (Å²) >= 11 is 12.0. The van der Waals surface area contributed by atoms with Gasteiger partial charge in [0, 0.05) is 32.7 Å². The molecule has 5 nitrogen and oxygen atoms in total. The molecule has 2 fully saturated rings. The van der Waals surface area contributed by atoms with Crippen LogP contribution in [0.5, 0.6) is 0 Å². The van der Waals surface area contributed by atoms with Gasteiger partial charge < -0.3 is 15.0 Å². The van der Waals surface area contributed by atoms with Gasteiger partial charge in [-0.05, 0) is 17.7 Å². The molecule has 1 atom stereocenters. The van der Waals surface area contributed by atoms with Crippen molar-refractivity contribution in [1.29, 1.82) is 0 Å². The van der Waals surface area contributed by atoms with E-state index in [-0.39, 0.29) is 12.0 Å². The molecule has 1 N–H and O–H groups in total. The van der Waals surface area contributed by atoms with E-state index in [1.807, 2.05) is 17.0 Å². The van der Waals surface area contributed by atoms with Gasteiger partial charge in [-0.1, -0.05) is 29.3 Å². The first-order chi connectivity index (χ1) is 11.1. The molecule has 2 saturated heterocycles. The van der Waals surface area contributed by atoms with Crippen molar-refractivity contribution in [3.63, 3.8) is 0 Å². The number of carbonyl (C=O) groups is 1. The molecule has 3 rings (SSSR count). The summed E-state index contributed by atoms with van der Waals surface area (Å²) in [6, 6.07) is 5.49. The number of nitrogens with zero attached hydrogens (tertiary/aromatic N) is 2. The monoisotopic (exact) mass is 357 g/mol. The van der Waals surface area contributed by atoms with Crippen LogP contribution < -0.4 is 5.32 Å². The van der Waals surface area contributed by atoms with Crippen LogP contribution in [0.4, 0.5) is 0 Å². The maximum absolute atomic E-state index is 12.5. The third-order valence-corrected chi connectivity index (χ3v) is 5.04. The van der Waals surface area contributed by atoms with Crippen molar-refractivity contribution < 1.29 is 9.53 Å². The number of benzene rings is 1. The first-order valence-corrected chi connectivity index (χ1v) is 8.66. The highest BCUT2D eigenvalue weighted by Gasteiger charge is 2.27. The lowest BCUT2D eigenvalue weighted by Gasteiger charge is -2.35. The highest BCUT2D eigenvalue weighted by molar-refractivity contribution is 6.42. The zero-order valence-electron chi connectivity index (χ0n) is 12.9. The molecule has 0 spiro atoms. The Bertz CT molecular complexity index is 564. The average Bonchev–Trinajstić information content (AvgIpc) is 2.58. The third-order valence-electron chi connectivity index (χ3n) is 4.30. The van der Waals surface area contributed by atoms with Crippen molar-refractivity contribution in [2.45, 2.75) is 6.10 Å². The summed E-state index contributed by atoms with van der Waals surface area (Å²) in [6.45, 7) is 5.96. The molecule has 1 aromatic rings. The van der Waals surface area contributed by atoms with Crippen LogP contribution in [0.25, 0.3) is 0 Å². The highest BCUT2D eigenvalue weighted by atomic mass is 35.5. The van der Waals surface area contributed by atoms with Crippen LogP contribution in [0.1, 0.15) is 11.7 Å². The Morgan fingerprint density at radius 1 is 1.22 bits per heavy atom. The Balaban J connectivity index is 1.60. The molecule has 126 valence electrons. The largest absolute Gasteiger partial charge is 0.370 e. The zero-order valence-corrected chi connectivity index (χ0v) is 14.4. The minimum absolute atomic E-state index is 0.148. The van der Waals surface area contributed by atoms with E-state index < -0.39 is 0 Å². The first-order valence-electron chi connectivity index (χ1n) is 7.91. The van der Waals surface area contributed by atoms with Crippen LogP contribution >= 0.6 is 23.2 Å². The molecule has 1 aromatic carbocycles. The number of hydrogen-bond acceptors (Lipinski definition) is 4. The van der Waals surface area contributed by atoms with Gasteiger partial charge in [0.25, 0.3) is 0 Å². The lowest BCUT2D eigenvalue weighted by Crippen LogP contribution is -2.50. The van der Waals surface area contributed by atoms with Crippen molar-refractivity contribution in [2.24, 2.45) is 0 Å². The second kappa shape index (κ2) is 7.81. The van der Waals surface area contributed by atoms with Crippen molar-refractivity contribution in [2.75, 3.05) is 52.4 Å². The van der Waals surface area contributed by atoms with Crippen LogP contribution in [-0.4, -0.2) is 68.1 Å². The molecular formula is C16H21Cl2N3O2.